The quantitative estimate of drug-likeness (QED) is 0.868. The first-order valence-corrected chi connectivity index (χ1v) is 7.56. The van der Waals surface area contributed by atoms with Crippen LogP contribution in [0.4, 0.5) is 0 Å². The van der Waals surface area contributed by atoms with Crippen molar-refractivity contribution in [2.24, 2.45) is 7.05 Å². The number of piperidine rings is 1. The standard InChI is InChI=1S/C16H22N4O/c1-13-10-17-19(11-13)12-14-6-3-4-9-20(14)16(21)15-7-5-8-18(15)2/h5,7-8,10-11,14H,3-4,6,9,12H2,1-2H3. The van der Waals surface area contributed by atoms with E-state index in [2.05, 4.69) is 5.10 Å². The summed E-state index contributed by atoms with van der Waals surface area (Å²) in [7, 11) is 1.92. The van der Waals surface area contributed by atoms with E-state index in [-0.39, 0.29) is 11.9 Å². The van der Waals surface area contributed by atoms with Crippen molar-refractivity contribution in [2.75, 3.05) is 6.54 Å². The molecule has 0 aliphatic carbocycles. The van der Waals surface area contributed by atoms with Crippen LogP contribution in [0.15, 0.2) is 30.7 Å². The summed E-state index contributed by atoms with van der Waals surface area (Å²) in [5.41, 5.74) is 1.92. The van der Waals surface area contributed by atoms with E-state index in [1.807, 2.05) is 58.8 Å². The zero-order chi connectivity index (χ0) is 14.8. The maximum Gasteiger partial charge on any atom is 0.270 e. The van der Waals surface area contributed by atoms with Gasteiger partial charge in [0.15, 0.2) is 0 Å². The Morgan fingerprint density at radius 3 is 2.95 bits per heavy atom. The van der Waals surface area contributed by atoms with Gasteiger partial charge in [-0.25, -0.2) is 0 Å². The number of carbonyl (C=O) groups excluding carboxylic acids is 1. The van der Waals surface area contributed by atoms with E-state index in [0.717, 1.165) is 37.2 Å². The lowest BCUT2D eigenvalue weighted by Crippen LogP contribution is -2.46. The maximum absolute atomic E-state index is 12.8. The van der Waals surface area contributed by atoms with Gasteiger partial charge >= 0.3 is 0 Å². The van der Waals surface area contributed by atoms with Crippen molar-refractivity contribution >= 4 is 5.91 Å². The summed E-state index contributed by atoms with van der Waals surface area (Å²) in [5.74, 6) is 0.135. The minimum Gasteiger partial charge on any atom is -0.347 e. The van der Waals surface area contributed by atoms with E-state index in [1.54, 1.807) is 0 Å². The summed E-state index contributed by atoms with van der Waals surface area (Å²) in [5, 5.41) is 4.36. The topological polar surface area (TPSA) is 43.1 Å². The Hall–Kier alpha value is -2.04. The van der Waals surface area contributed by atoms with Gasteiger partial charge < -0.3 is 9.47 Å². The van der Waals surface area contributed by atoms with Crippen LogP contribution in [0.2, 0.25) is 0 Å². The van der Waals surface area contributed by atoms with Crippen molar-refractivity contribution in [1.82, 2.24) is 19.2 Å². The Morgan fingerprint density at radius 1 is 1.43 bits per heavy atom. The highest BCUT2D eigenvalue weighted by molar-refractivity contribution is 5.93. The van der Waals surface area contributed by atoms with Gasteiger partial charge in [0.25, 0.3) is 5.91 Å². The molecule has 5 heteroatoms. The van der Waals surface area contributed by atoms with Crippen LogP contribution < -0.4 is 0 Å². The second kappa shape index (κ2) is 5.76. The fourth-order valence-corrected chi connectivity index (χ4v) is 3.07. The summed E-state index contributed by atoms with van der Waals surface area (Å²) in [6.45, 7) is 3.66. The number of amides is 1. The van der Waals surface area contributed by atoms with E-state index in [0.29, 0.717) is 0 Å². The molecule has 1 amide bonds. The molecule has 1 fully saturated rings. The number of hydrogen-bond acceptors (Lipinski definition) is 2. The van der Waals surface area contributed by atoms with Crippen molar-refractivity contribution in [2.45, 2.75) is 38.8 Å². The molecule has 5 nitrogen and oxygen atoms in total. The van der Waals surface area contributed by atoms with Crippen LogP contribution in [0, 0.1) is 6.92 Å². The summed E-state index contributed by atoms with van der Waals surface area (Å²) in [4.78, 5) is 14.8. The fraction of sp³-hybridized carbons (Fsp3) is 0.500. The van der Waals surface area contributed by atoms with Crippen LogP contribution >= 0.6 is 0 Å². The van der Waals surface area contributed by atoms with Crippen molar-refractivity contribution in [3.8, 4) is 0 Å². The lowest BCUT2D eigenvalue weighted by molar-refractivity contribution is 0.0574. The van der Waals surface area contributed by atoms with Crippen LogP contribution in [0.3, 0.4) is 0 Å². The molecule has 0 spiro atoms. The number of rotatable bonds is 3. The molecule has 1 atom stereocenters. The predicted octanol–water partition coefficient (Wildman–Crippen LogP) is 2.22. The van der Waals surface area contributed by atoms with Crippen molar-refractivity contribution < 1.29 is 4.79 Å². The molecular weight excluding hydrogens is 264 g/mol. The summed E-state index contributed by atoms with van der Waals surface area (Å²) >= 11 is 0. The summed E-state index contributed by atoms with van der Waals surface area (Å²) < 4.78 is 3.85. The van der Waals surface area contributed by atoms with Crippen molar-refractivity contribution in [3.63, 3.8) is 0 Å². The Morgan fingerprint density at radius 2 is 2.29 bits per heavy atom. The van der Waals surface area contributed by atoms with Crippen LogP contribution in [0.5, 0.6) is 0 Å². The van der Waals surface area contributed by atoms with Crippen LogP contribution in [0.25, 0.3) is 0 Å². The third-order valence-electron chi connectivity index (χ3n) is 4.21. The molecule has 1 saturated heterocycles. The summed E-state index contributed by atoms with van der Waals surface area (Å²) in [6, 6.07) is 4.05. The zero-order valence-corrected chi connectivity index (χ0v) is 12.7. The van der Waals surface area contributed by atoms with Gasteiger partial charge in [-0.2, -0.15) is 5.10 Å². The lowest BCUT2D eigenvalue weighted by Gasteiger charge is -2.35. The highest BCUT2D eigenvalue weighted by Gasteiger charge is 2.28. The first-order valence-electron chi connectivity index (χ1n) is 7.56. The number of nitrogens with zero attached hydrogens (tertiary/aromatic N) is 4. The minimum atomic E-state index is 0.135. The third kappa shape index (κ3) is 2.86. The molecule has 0 aromatic carbocycles. The molecule has 3 heterocycles. The zero-order valence-electron chi connectivity index (χ0n) is 12.7. The molecule has 3 rings (SSSR count). The maximum atomic E-state index is 12.8. The highest BCUT2D eigenvalue weighted by atomic mass is 16.2. The van der Waals surface area contributed by atoms with Crippen molar-refractivity contribution in [1.29, 1.82) is 0 Å². The Kier molecular flexibility index (Phi) is 3.82. The Labute approximate surface area is 125 Å². The SMILES string of the molecule is Cc1cnn(CC2CCCCN2C(=O)c2cccn2C)c1. The van der Waals surface area contributed by atoms with Crippen LogP contribution in [-0.4, -0.2) is 37.7 Å². The normalized spacial score (nSPS) is 19.0. The first kappa shape index (κ1) is 13.9. The third-order valence-corrected chi connectivity index (χ3v) is 4.21. The van der Waals surface area contributed by atoms with Gasteiger partial charge in [-0.1, -0.05) is 0 Å². The number of likely N-dealkylation sites (tertiary alicyclic amines) is 1. The second-order valence-electron chi connectivity index (χ2n) is 5.89. The number of carbonyl (C=O) groups is 1. The molecule has 2 aromatic rings. The average molecular weight is 286 g/mol. The van der Waals surface area contributed by atoms with Gasteiger partial charge in [0, 0.05) is 26.0 Å². The molecule has 0 radical (unpaired) electrons. The monoisotopic (exact) mass is 286 g/mol. The van der Waals surface area contributed by atoms with E-state index >= 15 is 0 Å². The molecule has 1 unspecified atom stereocenters. The molecule has 0 N–H and O–H groups in total. The van der Waals surface area contributed by atoms with Crippen LogP contribution in [0.1, 0.15) is 35.3 Å². The molecule has 1 aliphatic rings. The molecule has 0 bridgehead atoms. The minimum absolute atomic E-state index is 0.135. The van der Waals surface area contributed by atoms with E-state index in [9.17, 15) is 4.79 Å². The first-order chi connectivity index (χ1) is 10.1. The summed E-state index contributed by atoms with van der Waals surface area (Å²) in [6.07, 6.45) is 9.15. The smallest absolute Gasteiger partial charge is 0.270 e. The molecular formula is C16H22N4O. The van der Waals surface area contributed by atoms with E-state index < -0.39 is 0 Å². The van der Waals surface area contributed by atoms with E-state index in [4.69, 9.17) is 0 Å². The Bertz CT molecular complexity index is 628. The second-order valence-corrected chi connectivity index (χ2v) is 5.89. The highest BCUT2D eigenvalue weighted by Crippen LogP contribution is 2.21. The average Bonchev–Trinajstić information content (AvgIpc) is 3.07. The molecule has 2 aromatic heterocycles. The van der Waals surface area contributed by atoms with Gasteiger partial charge in [-0.3, -0.25) is 9.48 Å². The van der Waals surface area contributed by atoms with Crippen LogP contribution in [-0.2, 0) is 13.6 Å². The van der Waals surface area contributed by atoms with Gasteiger partial charge in [0.1, 0.15) is 5.69 Å². The molecule has 1 aliphatic heterocycles. The van der Waals surface area contributed by atoms with Gasteiger partial charge in [-0.15, -0.1) is 0 Å². The fourth-order valence-electron chi connectivity index (χ4n) is 3.07. The predicted molar refractivity (Wildman–Crippen MR) is 81.1 cm³/mol. The lowest BCUT2D eigenvalue weighted by atomic mass is 10.0. The van der Waals surface area contributed by atoms with Gasteiger partial charge in [0.2, 0.25) is 0 Å². The van der Waals surface area contributed by atoms with Gasteiger partial charge in [-0.05, 0) is 43.9 Å². The van der Waals surface area contributed by atoms with Gasteiger partial charge in [0.05, 0.1) is 18.8 Å². The number of aryl methyl sites for hydroxylation is 2. The molecule has 0 saturated carbocycles. The number of aromatic nitrogens is 3. The Balaban J connectivity index is 1.78. The molecule has 112 valence electrons. The number of hydrogen-bond donors (Lipinski definition) is 0. The largest absolute Gasteiger partial charge is 0.347 e. The van der Waals surface area contributed by atoms with E-state index in [1.165, 1.54) is 6.42 Å². The van der Waals surface area contributed by atoms with Crippen molar-refractivity contribution in [3.05, 3.63) is 42.0 Å². The molecule has 21 heavy (non-hydrogen) atoms.